The molecule has 3 heterocycles. The molecule has 0 fully saturated rings. The summed E-state index contributed by atoms with van der Waals surface area (Å²) < 4.78 is 2.45. The molecule has 0 unspecified atom stereocenters. The predicted octanol–water partition coefficient (Wildman–Crippen LogP) is 11.1. The standard InChI is InChI=1S/C42H26N4S/c1-3-11-27(12-4-1)29-15-9-16-32(23-29)40-44-41(33-24-31-22-21-30(25-36(31)43-26-33)28-13-5-2-6-14-28)46-42(45-40)35-18-10-20-38-39(35)34-17-7-8-19-37(34)47-38/h1-26H. The van der Waals surface area contributed by atoms with Crippen molar-refractivity contribution in [2.75, 3.05) is 0 Å². The van der Waals surface area contributed by atoms with E-state index < -0.39 is 0 Å². The lowest BCUT2D eigenvalue weighted by atomic mass is 10.0. The van der Waals surface area contributed by atoms with Crippen LogP contribution < -0.4 is 0 Å². The van der Waals surface area contributed by atoms with Crippen LogP contribution in [0.5, 0.6) is 0 Å². The van der Waals surface area contributed by atoms with Crippen molar-refractivity contribution in [2.45, 2.75) is 0 Å². The van der Waals surface area contributed by atoms with Gasteiger partial charge in [0.1, 0.15) is 0 Å². The smallest absolute Gasteiger partial charge is 0.165 e. The van der Waals surface area contributed by atoms with E-state index >= 15 is 0 Å². The summed E-state index contributed by atoms with van der Waals surface area (Å²) in [6.45, 7) is 0. The zero-order chi connectivity index (χ0) is 31.2. The van der Waals surface area contributed by atoms with Crippen LogP contribution >= 0.6 is 11.3 Å². The molecule has 0 aliphatic rings. The van der Waals surface area contributed by atoms with Gasteiger partial charge in [0, 0.05) is 48.4 Å². The van der Waals surface area contributed by atoms with Gasteiger partial charge in [-0.25, -0.2) is 15.0 Å². The molecule has 0 aliphatic heterocycles. The SMILES string of the molecule is c1ccc(-c2cccc(-c3nc(-c4cnc5cc(-c6ccccc6)ccc5c4)nc(-c4cccc5sc6ccccc6c45)n3)c2)cc1. The van der Waals surface area contributed by atoms with E-state index in [2.05, 4.69) is 140 Å². The van der Waals surface area contributed by atoms with Crippen molar-refractivity contribution >= 4 is 42.4 Å². The Morgan fingerprint density at radius 1 is 0.404 bits per heavy atom. The Morgan fingerprint density at radius 2 is 1.02 bits per heavy atom. The Morgan fingerprint density at radius 3 is 1.83 bits per heavy atom. The van der Waals surface area contributed by atoms with Crippen LogP contribution in [0, 0.1) is 0 Å². The van der Waals surface area contributed by atoms with Crippen LogP contribution in [0.4, 0.5) is 0 Å². The molecule has 47 heavy (non-hydrogen) atoms. The summed E-state index contributed by atoms with van der Waals surface area (Å²) in [5, 5.41) is 3.40. The molecule has 4 nitrogen and oxygen atoms in total. The van der Waals surface area contributed by atoms with E-state index in [0.29, 0.717) is 17.5 Å². The monoisotopic (exact) mass is 618 g/mol. The fraction of sp³-hybridized carbons (Fsp3) is 0. The summed E-state index contributed by atoms with van der Waals surface area (Å²) in [6, 6.07) is 52.6. The average molecular weight is 619 g/mol. The van der Waals surface area contributed by atoms with Gasteiger partial charge in [0.15, 0.2) is 17.5 Å². The maximum absolute atomic E-state index is 5.14. The molecule has 5 heteroatoms. The molecule has 220 valence electrons. The maximum atomic E-state index is 5.14. The molecule has 9 rings (SSSR count). The predicted molar refractivity (Wildman–Crippen MR) is 195 cm³/mol. The molecule has 0 radical (unpaired) electrons. The largest absolute Gasteiger partial charge is 0.255 e. The summed E-state index contributed by atoms with van der Waals surface area (Å²) in [6.07, 6.45) is 1.88. The highest BCUT2D eigenvalue weighted by atomic mass is 32.1. The van der Waals surface area contributed by atoms with Crippen LogP contribution in [0.3, 0.4) is 0 Å². The molecule has 3 aromatic heterocycles. The maximum Gasteiger partial charge on any atom is 0.165 e. The van der Waals surface area contributed by atoms with Crippen molar-refractivity contribution in [3.63, 3.8) is 0 Å². The number of thiophene rings is 1. The Bertz CT molecular complexity index is 2580. The quantitative estimate of drug-likeness (QED) is 0.193. The second kappa shape index (κ2) is 11.4. The first-order valence-corrected chi connectivity index (χ1v) is 16.4. The van der Waals surface area contributed by atoms with Gasteiger partial charge in [0.2, 0.25) is 0 Å². The third-order valence-corrected chi connectivity index (χ3v) is 9.69. The van der Waals surface area contributed by atoms with Crippen molar-refractivity contribution in [1.29, 1.82) is 0 Å². The lowest BCUT2D eigenvalue weighted by Crippen LogP contribution is -2.01. The van der Waals surface area contributed by atoms with Crippen molar-refractivity contribution in [2.24, 2.45) is 0 Å². The van der Waals surface area contributed by atoms with Gasteiger partial charge in [-0.15, -0.1) is 11.3 Å². The van der Waals surface area contributed by atoms with Crippen LogP contribution in [0.2, 0.25) is 0 Å². The van der Waals surface area contributed by atoms with E-state index in [4.69, 9.17) is 19.9 Å². The zero-order valence-electron chi connectivity index (χ0n) is 25.2. The fourth-order valence-corrected chi connectivity index (χ4v) is 7.37. The molecule has 0 bridgehead atoms. The number of fused-ring (bicyclic) bond motifs is 4. The Balaban J connectivity index is 1.23. The van der Waals surface area contributed by atoms with E-state index in [1.807, 2.05) is 18.3 Å². The highest BCUT2D eigenvalue weighted by Gasteiger charge is 2.17. The number of pyridine rings is 1. The molecule has 0 aliphatic carbocycles. The molecule has 0 saturated heterocycles. The summed E-state index contributed by atoms with van der Waals surface area (Å²) in [7, 11) is 0. The van der Waals surface area contributed by atoms with Gasteiger partial charge < -0.3 is 0 Å². The van der Waals surface area contributed by atoms with Crippen LogP contribution in [0.15, 0.2) is 158 Å². The minimum atomic E-state index is 0.591. The molecular weight excluding hydrogens is 593 g/mol. The molecule has 9 aromatic rings. The first-order chi connectivity index (χ1) is 23.3. The van der Waals surface area contributed by atoms with E-state index in [9.17, 15) is 0 Å². The number of benzene rings is 6. The number of nitrogens with zero attached hydrogens (tertiary/aromatic N) is 4. The molecule has 6 aromatic carbocycles. The minimum absolute atomic E-state index is 0.591. The van der Waals surface area contributed by atoms with Gasteiger partial charge in [-0.2, -0.15) is 0 Å². The van der Waals surface area contributed by atoms with Gasteiger partial charge in [-0.1, -0.05) is 121 Å². The summed E-state index contributed by atoms with van der Waals surface area (Å²) in [4.78, 5) is 20.2. The number of rotatable bonds is 5. The van der Waals surface area contributed by atoms with Crippen molar-refractivity contribution in [3.8, 4) is 56.4 Å². The van der Waals surface area contributed by atoms with Crippen molar-refractivity contribution in [3.05, 3.63) is 158 Å². The normalized spacial score (nSPS) is 11.4. The van der Waals surface area contributed by atoms with Gasteiger partial charge >= 0.3 is 0 Å². The van der Waals surface area contributed by atoms with Crippen LogP contribution in [0.25, 0.3) is 87.5 Å². The average Bonchev–Trinajstić information content (AvgIpc) is 3.54. The topological polar surface area (TPSA) is 51.6 Å². The van der Waals surface area contributed by atoms with Gasteiger partial charge in [0.05, 0.1) is 5.52 Å². The Hall–Kier alpha value is -6.04. The van der Waals surface area contributed by atoms with Gasteiger partial charge in [-0.05, 0) is 52.6 Å². The van der Waals surface area contributed by atoms with E-state index in [0.717, 1.165) is 44.3 Å². The van der Waals surface area contributed by atoms with Crippen LogP contribution in [0.1, 0.15) is 0 Å². The second-order valence-corrected chi connectivity index (χ2v) is 12.6. The number of hydrogen-bond donors (Lipinski definition) is 0. The highest BCUT2D eigenvalue weighted by Crippen LogP contribution is 2.40. The van der Waals surface area contributed by atoms with Crippen molar-refractivity contribution < 1.29 is 0 Å². The second-order valence-electron chi connectivity index (χ2n) is 11.5. The first kappa shape index (κ1) is 27.3. The van der Waals surface area contributed by atoms with Crippen molar-refractivity contribution in [1.82, 2.24) is 19.9 Å². The molecule has 0 amide bonds. The third-order valence-electron chi connectivity index (χ3n) is 8.56. The molecule has 0 N–H and O–H groups in total. The van der Waals surface area contributed by atoms with Gasteiger partial charge in [-0.3, -0.25) is 4.98 Å². The molecule has 0 spiro atoms. The molecular formula is C42H26N4S. The van der Waals surface area contributed by atoms with Gasteiger partial charge in [0.25, 0.3) is 0 Å². The highest BCUT2D eigenvalue weighted by molar-refractivity contribution is 7.25. The molecule has 0 atom stereocenters. The lowest BCUT2D eigenvalue weighted by molar-refractivity contribution is 1.07. The summed E-state index contributed by atoms with van der Waals surface area (Å²) >= 11 is 1.79. The first-order valence-electron chi connectivity index (χ1n) is 15.5. The van der Waals surface area contributed by atoms with E-state index in [1.165, 1.54) is 25.7 Å². The Kier molecular flexibility index (Phi) is 6.61. The van der Waals surface area contributed by atoms with Crippen LogP contribution in [-0.2, 0) is 0 Å². The fourth-order valence-electron chi connectivity index (χ4n) is 6.24. The van der Waals surface area contributed by atoms with Crippen LogP contribution in [-0.4, -0.2) is 19.9 Å². The number of hydrogen-bond acceptors (Lipinski definition) is 5. The summed E-state index contributed by atoms with van der Waals surface area (Å²) in [5.74, 6) is 1.86. The van der Waals surface area contributed by atoms with E-state index in [-0.39, 0.29) is 0 Å². The third kappa shape index (κ3) is 5.03. The summed E-state index contributed by atoms with van der Waals surface area (Å²) in [5.41, 5.74) is 8.25. The lowest BCUT2D eigenvalue weighted by Gasteiger charge is -2.11. The zero-order valence-corrected chi connectivity index (χ0v) is 26.0. The van der Waals surface area contributed by atoms with E-state index in [1.54, 1.807) is 11.3 Å². The number of aromatic nitrogens is 4. The minimum Gasteiger partial charge on any atom is -0.255 e. The Labute approximate surface area is 275 Å². The molecule has 0 saturated carbocycles.